The van der Waals surface area contributed by atoms with Crippen LogP contribution < -0.4 is 19.5 Å². The molecule has 1 saturated carbocycles. The summed E-state index contributed by atoms with van der Waals surface area (Å²) in [6.45, 7) is 0.423. The van der Waals surface area contributed by atoms with Crippen molar-refractivity contribution in [2.45, 2.75) is 62.0 Å². The minimum atomic E-state index is -3.59. The normalized spacial score (nSPS) is 13.4. The Hall–Kier alpha value is -4.74. The number of carbonyl (C=O) groups is 2. The maximum atomic E-state index is 14.0. The van der Waals surface area contributed by atoms with Crippen LogP contribution in [-0.4, -0.2) is 58.0 Å². The number of nitrogens with one attached hydrogen (secondary N) is 2. The Bertz CT molecular complexity index is 1810. The Morgan fingerprint density at radius 1 is 0.816 bits per heavy atom. The zero-order valence-corrected chi connectivity index (χ0v) is 28.5. The van der Waals surface area contributed by atoms with Crippen molar-refractivity contribution < 1.29 is 31.9 Å². The number of rotatable bonds is 17. The van der Waals surface area contributed by atoms with Gasteiger partial charge in [-0.1, -0.05) is 60.7 Å². The first-order valence-electron chi connectivity index (χ1n) is 16.3. The quantitative estimate of drug-likeness (QED) is 0.158. The van der Waals surface area contributed by atoms with E-state index in [2.05, 4.69) is 10.0 Å². The van der Waals surface area contributed by atoms with Gasteiger partial charge >= 0.3 is 0 Å². The van der Waals surface area contributed by atoms with Crippen LogP contribution in [-0.2, 0) is 45.4 Å². The maximum absolute atomic E-state index is 14.0. The highest BCUT2D eigenvalue weighted by Crippen LogP contribution is 2.28. The topological polar surface area (TPSA) is 114 Å². The average molecular weight is 688 g/mol. The standard InChI is InChI=1S/C38H42FN3O6S/c1-47-35-20-12-29(25-36(35)48-2)22-23-40-38(44)34(24-28-6-4-3-5-7-28)42(26-30-8-14-31(39)15-9-30)37(43)21-13-27-10-18-33(19-11-27)49(45,46)41-32-16-17-32/h3-12,14-15,18-20,25,32,34,41H,13,16-17,21-24,26H2,1-2H3,(H,40,44)/t34-/m0/s1. The molecule has 0 aromatic heterocycles. The number of halogens is 1. The van der Waals surface area contributed by atoms with Gasteiger partial charge in [0, 0.05) is 32.0 Å². The second kappa shape index (κ2) is 16.6. The maximum Gasteiger partial charge on any atom is 0.243 e. The van der Waals surface area contributed by atoms with E-state index in [0.717, 1.165) is 29.5 Å². The van der Waals surface area contributed by atoms with Gasteiger partial charge in [-0.3, -0.25) is 9.59 Å². The van der Waals surface area contributed by atoms with E-state index in [-0.39, 0.29) is 42.1 Å². The average Bonchev–Trinajstić information content (AvgIpc) is 3.93. The van der Waals surface area contributed by atoms with Gasteiger partial charge < -0.3 is 19.7 Å². The van der Waals surface area contributed by atoms with Crippen molar-refractivity contribution in [3.63, 3.8) is 0 Å². The van der Waals surface area contributed by atoms with Gasteiger partial charge in [-0.15, -0.1) is 0 Å². The van der Waals surface area contributed by atoms with Gasteiger partial charge in [-0.2, -0.15) is 0 Å². The highest BCUT2D eigenvalue weighted by atomic mass is 32.2. The number of ether oxygens (including phenoxy) is 2. The van der Waals surface area contributed by atoms with Crippen molar-refractivity contribution in [3.05, 3.63) is 125 Å². The molecular formula is C38H42FN3O6S. The molecule has 4 aromatic carbocycles. The van der Waals surface area contributed by atoms with Crippen molar-refractivity contribution in [1.29, 1.82) is 0 Å². The van der Waals surface area contributed by atoms with Crippen LogP contribution in [0.2, 0.25) is 0 Å². The third-order valence-corrected chi connectivity index (χ3v) is 9.99. The number of nitrogens with zero attached hydrogens (tertiary/aromatic N) is 1. The molecule has 258 valence electrons. The lowest BCUT2D eigenvalue weighted by Crippen LogP contribution is -2.50. The summed E-state index contributed by atoms with van der Waals surface area (Å²) in [7, 11) is -0.451. The highest BCUT2D eigenvalue weighted by Gasteiger charge is 2.31. The first-order valence-corrected chi connectivity index (χ1v) is 17.8. The van der Waals surface area contributed by atoms with E-state index in [1.54, 1.807) is 55.5 Å². The van der Waals surface area contributed by atoms with Crippen LogP contribution in [0.4, 0.5) is 4.39 Å². The molecule has 1 aliphatic carbocycles. The van der Waals surface area contributed by atoms with E-state index >= 15 is 0 Å². The zero-order chi connectivity index (χ0) is 34.8. The predicted octanol–water partition coefficient (Wildman–Crippen LogP) is 5.22. The molecule has 49 heavy (non-hydrogen) atoms. The summed E-state index contributed by atoms with van der Waals surface area (Å²) in [6, 6.07) is 26.6. The van der Waals surface area contributed by atoms with Crippen molar-refractivity contribution in [2.75, 3.05) is 20.8 Å². The van der Waals surface area contributed by atoms with E-state index in [1.807, 2.05) is 48.5 Å². The van der Waals surface area contributed by atoms with Crippen LogP contribution >= 0.6 is 0 Å². The van der Waals surface area contributed by atoms with Gasteiger partial charge in [0.15, 0.2) is 11.5 Å². The highest BCUT2D eigenvalue weighted by molar-refractivity contribution is 7.89. The molecule has 1 atom stereocenters. The first-order chi connectivity index (χ1) is 23.6. The molecule has 0 spiro atoms. The molecule has 9 nitrogen and oxygen atoms in total. The fraction of sp³-hybridized carbons (Fsp3) is 0.316. The van der Waals surface area contributed by atoms with E-state index < -0.39 is 21.9 Å². The molecule has 0 heterocycles. The number of amides is 2. The number of hydrogen-bond donors (Lipinski definition) is 2. The number of methoxy groups -OCH3 is 2. The van der Waals surface area contributed by atoms with E-state index in [4.69, 9.17) is 9.47 Å². The molecule has 0 radical (unpaired) electrons. The largest absolute Gasteiger partial charge is 0.493 e. The van der Waals surface area contributed by atoms with Gasteiger partial charge in [0.05, 0.1) is 19.1 Å². The monoisotopic (exact) mass is 687 g/mol. The molecule has 0 aliphatic heterocycles. The summed E-state index contributed by atoms with van der Waals surface area (Å²) >= 11 is 0. The lowest BCUT2D eigenvalue weighted by Gasteiger charge is -2.32. The smallest absolute Gasteiger partial charge is 0.243 e. The second-order valence-electron chi connectivity index (χ2n) is 12.1. The summed E-state index contributed by atoms with van der Waals surface area (Å²) < 4.78 is 52.4. The Morgan fingerprint density at radius 3 is 2.12 bits per heavy atom. The SMILES string of the molecule is COc1ccc(CCNC(=O)[C@H](Cc2ccccc2)N(Cc2ccc(F)cc2)C(=O)CCc2ccc(S(=O)(=O)NC3CC3)cc2)cc1OC. The summed E-state index contributed by atoms with van der Waals surface area (Å²) in [5.41, 5.74) is 3.30. The number of benzene rings is 4. The molecule has 2 amide bonds. The van der Waals surface area contributed by atoms with Gasteiger partial charge in [-0.05, 0) is 84.3 Å². The Morgan fingerprint density at radius 2 is 1.47 bits per heavy atom. The summed E-state index contributed by atoms with van der Waals surface area (Å²) in [5.74, 6) is 0.244. The van der Waals surface area contributed by atoms with Gasteiger partial charge in [0.1, 0.15) is 11.9 Å². The summed E-state index contributed by atoms with van der Waals surface area (Å²) in [5, 5.41) is 3.03. The molecule has 0 unspecified atom stereocenters. The van der Waals surface area contributed by atoms with E-state index in [0.29, 0.717) is 36.4 Å². The lowest BCUT2D eigenvalue weighted by molar-refractivity contribution is -0.141. The van der Waals surface area contributed by atoms with E-state index in [9.17, 15) is 22.4 Å². The summed E-state index contributed by atoms with van der Waals surface area (Å²) in [6.07, 6.45) is 2.91. The van der Waals surface area contributed by atoms with Crippen LogP contribution in [0.3, 0.4) is 0 Å². The van der Waals surface area contributed by atoms with Gasteiger partial charge in [0.25, 0.3) is 0 Å². The van der Waals surface area contributed by atoms with Crippen molar-refractivity contribution in [3.8, 4) is 11.5 Å². The number of aryl methyl sites for hydroxylation is 1. The lowest BCUT2D eigenvalue weighted by atomic mass is 10.0. The van der Waals surface area contributed by atoms with Crippen LogP contribution in [0.15, 0.2) is 102 Å². The summed E-state index contributed by atoms with van der Waals surface area (Å²) in [4.78, 5) is 29.8. The zero-order valence-electron chi connectivity index (χ0n) is 27.7. The Balaban J connectivity index is 1.34. The Kier molecular flexibility index (Phi) is 12.0. The van der Waals surface area contributed by atoms with Crippen LogP contribution in [0.1, 0.15) is 41.5 Å². The molecule has 4 aromatic rings. The minimum absolute atomic E-state index is 0.00128. The number of sulfonamides is 1. The fourth-order valence-corrected chi connectivity index (χ4v) is 6.85. The minimum Gasteiger partial charge on any atom is -0.493 e. The predicted molar refractivity (Wildman–Crippen MR) is 185 cm³/mol. The number of carbonyl (C=O) groups excluding carboxylic acids is 2. The number of hydrogen-bond acceptors (Lipinski definition) is 6. The van der Waals surface area contributed by atoms with E-state index in [1.165, 1.54) is 12.1 Å². The third-order valence-electron chi connectivity index (χ3n) is 8.46. The molecule has 11 heteroatoms. The molecule has 1 fully saturated rings. The van der Waals surface area contributed by atoms with Crippen molar-refractivity contribution >= 4 is 21.8 Å². The molecule has 5 rings (SSSR count). The molecule has 0 bridgehead atoms. The van der Waals surface area contributed by atoms with Crippen molar-refractivity contribution in [1.82, 2.24) is 14.9 Å². The molecule has 0 saturated heterocycles. The third kappa shape index (κ3) is 10.1. The van der Waals surface area contributed by atoms with Crippen LogP contribution in [0.5, 0.6) is 11.5 Å². The molecular weight excluding hydrogens is 645 g/mol. The molecule has 1 aliphatic rings. The fourth-order valence-electron chi connectivity index (χ4n) is 5.54. The van der Waals surface area contributed by atoms with Gasteiger partial charge in [-0.25, -0.2) is 17.5 Å². The van der Waals surface area contributed by atoms with Gasteiger partial charge in [0.2, 0.25) is 21.8 Å². The Labute approximate surface area is 287 Å². The van der Waals surface area contributed by atoms with Crippen LogP contribution in [0, 0.1) is 5.82 Å². The van der Waals surface area contributed by atoms with Crippen LogP contribution in [0.25, 0.3) is 0 Å². The molecule has 2 N–H and O–H groups in total. The second-order valence-corrected chi connectivity index (χ2v) is 13.8. The van der Waals surface area contributed by atoms with Crippen molar-refractivity contribution in [2.24, 2.45) is 0 Å². The first kappa shape index (κ1) is 35.6.